The Morgan fingerprint density at radius 2 is 1.78 bits per heavy atom. The van der Waals surface area contributed by atoms with Crippen molar-refractivity contribution in [2.24, 2.45) is 0 Å². The largest absolute Gasteiger partial charge is 0.477 e. The first-order valence-electron chi connectivity index (χ1n) is 7.28. The number of benzene rings is 1. The summed E-state index contributed by atoms with van der Waals surface area (Å²) < 4.78 is 5.22. The van der Waals surface area contributed by atoms with Crippen LogP contribution >= 0.6 is 0 Å². The first kappa shape index (κ1) is 18.4. The number of hydrogen-bond acceptors (Lipinski definition) is 5. The molecule has 0 aliphatic carbocycles. The lowest BCUT2D eigenvalue weighted by molar-refractivity contribution is -0.385. The summed E-state index contributed by atoms with van der Waals surface area (Å²) in [4.78, 5) is 37.1. The average Bonchev–Trinajstić information content (AvgIpc) is 2.53. The van der Waals surface area contributed by atoms with Crippen LogP contribution in [-0.2, 0) is 9.59 Å². The third-order valence-corrected chi connectivity index (χ3v) is 3.33. The summed E-state index contributed by atoms with van der Waals surface area (Å²) in [6.45, 7) is 4.45. The fraction of sp³-hybridized carbons (Fsp3) is 0.467. The molecule has 0 saturated carbocycles. The van der Waals surface area contributed by atoms with Crippen molar-refractivity contribution in [3.8, 4) is 5.75 Å². The number of carbonyl (C=O) groups excluding carboxylic acids is 2. The molecule has 0 aliphatic rings. The molecule has 0 heterocycles. The molecule has 0 atom stereocenters. The summed E-state index contributed by atoms with van der Waals surface area (Å²) in [7, 11) is 1.49. The minimum Gasteiger partial charge on any atom is -0.477 e. The van der Waals surface area contributed by atoms with E-state index in [0.717, 1.165) is 0 Å². The maximum Gasteiger partial charge on any atom is 0.310 e. The Morgan fingerprint density at radius 3 is 2.35 bits per heavy atom. The van der Waals surface area contributed by atoms with Crippen molar-refractivity contribution in [1.82, 2.24) is 9.80 Å². The predicted molar refractivity (Wildman–Crippen MR) is 84.2 cm³/mol. The van der Waals surface area contributed by atoms with Gasteiger partial charge in [-0.25, -0.2) is 0 Å². The molecule has 1 rings (SSSR count). The lowest BCUT2D eigenvalue weighted by Gasteiger charge is -2.23. The summed E-state index contributed by atoms with van der Waals surface area (Å²) >= 11 is 0. The normalized spacial score (nSPS) is 10.0. The minimum atomic E-state index is -0.576. The van der Waals surface area contributed by atoms with Crippen molar-refractivity contribution in [1.29, 1.82) is 0 Å². The van der Waals surface area contributed by atoms with Gasteiger partial charge in [-0.05, 0) is 19.9 Å². The van der Waals surface area contributed by atoms with Crippen LogP contribution in [0.2, 0.25) is 0 Å². The molecule has 1 aromatic rings. The van der Waals surface area contributed by atoms with Crippen LogP contribution < -0.4 is 4.74 Å². The van der Waals surface area contributed by atoms with Crippen LogP contribution in [0.25, 0.3) is 0 Å². The van der Waals surface area contributed by atoms with E-state index in [0.29, 0.717) is 13.1 Å². The highest BCUT2D eigenvalue weighted by atomic mass is 16.6. The van der Waals surface area contributed by atoms with E-state index >= 15 is 0 Å². The molecule has 2 amide bonds. The van der Waals surface area contributed by atoms with Crippen LogP contribution in [0.4, 0.5) is 5.69 Å². The number of amides is 2. The number of carbonyl (C=O) groups is 2. The Balaban J connectivity index is 2.60. The first-order chi connectivity index (χ1) is 10.9. The van der Waals surface area contributed by atoms with Gasteiger partial charge in [0.25, 0.3) is 5.91 Å². The van der Waals surface area contributed by atoms with Gasteiger partial charge in [-0.15, -0.1) is 0 Å². The van der Waals surface area contributed by atoms with Gasteiger partial charge in [0.15, 0.2) is 12.4 Å². The monoisotopic (exact) mass is 323 g/mol. The van der Waals surface area contributed by atoms with Crippen molar-refractivity contribution in [2.75, 3.05) is 33.3 Å². The summed E-state index contributed by atoms with van der Waals surface area (Å²) in [5.74, 6) is -0.561. The molecular weight excluding hydrogens is 302 g/mol. The van der Waals surface area contributed by atoms with Gasteiger partial charge < -0.3 is 14.5 Å². The molecule has 0 bridgehead atoms. The molecule has 0 aromatic heterocycles. The zero-order valence-electron chi connectivity index (χ0n) is 13.5. The van der Waals surface area contributed by atoms with E-state index < -0.39 is 10.8 Å². The number of nitro benzene ring substituents is 1. The average molecular weight is 323 g/mol. The maximum atomic E-state index is 12.0. The second kappa shape index (κ2) is 8.72. The second-order valence-electron chi connectivity index (χ2n) is 4.83. The topological polar surface area (TPSA) is 93.0 Å². The third kappa shape index (κ3) is 5.24. The van der Waals surface area contributed by atoms with Gasteiger partial charge in [-0.2, -0.15) is 0 Å². The van der Waals surface area contributed by atoms with Gasteiger partial charge in [0.05, 0.1) is 11.5 Å². The number of para-hydroxylation sites is 2. The molecule has 126 valence electrons. The lowest BCUT2D eigenvalue weighted by Crippen LogP contribution is -2.42. The smallest absolute Gasteiger partial charge is 0.310 e. The Bertz CT molecular complexity index is 572. The van der Waals surface area contributed by atoms with Crippen LogP contribution in [-0.4, -0.2) is 59.8 Å². The van der Waals surface area contributed by atoms with Gasteiger partial charge in [-0.1, -0.05) is 12.1 Å². The number of nitro groups is 1. The second-order valence-corrected chi connectivity index (χ2v) is 4.83. The van der Waals surface area contributed by atoms with Gasteiger partial charge in [0.2, 0.25) is 5.91 Å². The zero-order valence-corrected chi connectivity index (χ0v) is 13.5. The quantitative estimate of drug-likeness (QED) is 0.531. The van der Waals surface area contributed by atoms with E-state index in [1.165, 1.54) is 30.1 Å². The predicted octanol–water partition coefficient (Wildman–Crippen LogP) is 1.30. The van der Waals surface area contributed by atoms with Crippen LogP contribution in [0.5, 0.6) is 5.75 Å². The minimum absolute atomic E-state index is 0.0225. The van der Waals surface area contributed by atoms with Crippen LogP contribution in [0.3, 0.4) is 0 Å². The van der Waals surface area contributed by atoms with Gasteiger partial charge >= 0.3 is 5.69 Å². The van der Waals surface area contributed by atoms with Crippen molar-refractivity contribution in [3.63, 3.8) is 0 Å². The molecule has 0 unspecified atom stereocenters. The Labute approximate surface area is 134 Å². The molecule has 0 aliphatic heterocycles. The molecule has 0 N–H and O–H groups in total. The Morgan fingerprint density at radius 1 is 1.17 bits per heavy atom. The van der Waals surface area contributed by atoms with E-state index in [9.17, 15) is 19.7 Å². The van der Waals surface area contributed by atoms with Crippen molar-refractivity contribution < 1.29 is 19.2 Å². The van der Waals surface area contributed by atoms with E-state index in [4.69, 9.17) is 4.74 Å². The molecule has 8 heteroatoms. The van der Waals surface area contributed by atoms with Crippen molar-refractivity contribution in [2.45, 2.75) is 13.8 Å². The van der Waals surface area contributed by atoms with Crippen LogP contribution in [0, 0.1) is 10.1 Å². The number of nitrogens with zero attached hydrogens (tertiary/aromatic N) is 3. The number of likely N-dealkylation sites (N-methyl/N-ethyl adjacent to an activating group) is 2. The van der Waals surface area contributed by atoms with E-state index in [1.807, 2.05) is 13.8 Å². The molecule has 23 heavy (non-hydrogen) atoms. The Kier molecular flexibility index (Phi) is 6.98. The SMILES string of the molecule is CCN(CC)C(=O)CN(C)C(=O)COc1ccccc1[N+](=O)[O-]. The zero-order chi connectivity index (χ0) is 17.4. The highest BCUT2D eigenvalue weighted by Crippen LogP contribution is 2.25. The summed E-state index contributed by atoms with van der Waals surface area (Å²) in [6.07, 6.45) is 0. The maximum absolute atomic E-state index is 12.0. The molecule has 0 radical (unpaired) electrons. The van der Waals surface area contributed by atoms with Crippen LogP contribution in [0.1, 0.15) is 13.8 Å². The standard InChI is InChI=1S/C15H21N3O5/c1-4-17(5-2)14(19)10-16(3)15(20)11-23-13-9-7-6-8-12(13)18(21)22/h6-9H,4-5,10-11H2,1-3H3. The molecule has 0 fully saturated rings. The fourth-order valence-electron chi connectivity index (χ4n) is 1.95. The van der Waals surface area contributed by atoms with Crippen molar-refractivity contribution in [3.05, 3.63) is 34.4 Å². The number of rotatable bonds is 8. The summed E-state index contributed by atoms with van der Waals surface area (Å²) in [5, 5.41) is 10.9. The number of ether oxygens (including phenoxy) is 1. The molecule has 1 aromatic carbocycles. The molecule has 8 nitrogen and oxygen atoms in total. The van der Waals surface area contributed by atoms with Gasteiger partial charge in [-0.3, -0.25) is 19.7 Å². The molecule has 0 saturated heterocycles. The highest BCUT2D eigenvalue weighted by molar-refractivity contribution is 5.85. The van der Waals surface area contributed by atoms with E-state index in [-0.39, 0.29) is 30.5 Å². The third-order valence-electron chi connectivity index (χ3n) is 3.33. The van der Waals surface area contributed by atoms with E-state index in [1.54, 1.807) is 11.0 Å². The number of hydrogen-bond donors (Lipinski definition) is 0. The van der Waals surface area contributed by atoms with Gasteiger partial charge in [0.1, 0.15) is 0 Å². The Hall–Kier alpha value is -2.64. The first-order valence-corrected chi connectivity index (χ1v) is 7.28. The fourth-order valence-corrected chi connectivity index (χ4v) is 1.95. The van der Waals surface area contributed by atoms with Crippen molar-refractivity contribution >= 4 is 17.5 Å². The summed E-state index contributed by atoms with van der Waals surface area (Å²) in [6, 6.07) is 5.82. The van der Waals surface area contributed by atoms with Gasteiger partial charge in [0, 0.05) is 26.2 Å². The highest BCUT2D eigenvalue weighted by Gasteiger charge is 2.19. The molecule has 0 spiro atoms. The van der Waals surface area contributed by atoms with E-state index in [2.05, 4.69) is 0 Å². The summed E-state index contributed by atoms with van der Waals surface area (Å²) in [5.41, 5.74) is -0.206. The lowest BCUT2D eigenvalue weighted by atomic mass is 10.3. The van der Waals surface area contributed by atoms with Crippen LogP contribution in [0.15, 0.2) is 24.3 Å². The molecular formula is C15H21N3O5.